The Bertz CT molecular complexity index is 1840. The lowest BCUT2D eigenvalue weighted by molar-refractivity contribution is -0.664. The molecule has 0 aliphatic carbocycles. The Hall–Kier alpha value is -5.70. The predicted molar refractivity (Wildman–Crippen MR) is 234 cm³/mol. The second kappa shape index (κ2) is 25.6. The molecule has 4 N–H and O–H groups in total. The Kier molecular flexibility index (Phi) is 20.0. The van der Waals surface area contributed by atoms with Crippen LogP contribution in [0.5, 0.6) is 0 Å². The normalized spacial score (nSPS) is 13.7. The summed E-state index contributed by atoms with van der Waals surface area (Å²) in [6.45, 7) is 10.6. The Morgan fingerprint density at radius 3 is 1.02 bits per heavy atom. The minimum Gasteiger partial charge on any atom is -0.550 e. The highest BCUT2D eigenvalue weighted by Gasteiger charge is 2.43. The molecule has 2 aliphatic heterocycles. The van der Waals surface area contributed by atoms with E-state index in [0.717, 1.165) is 69.0 Å². The van der Waals surface area contributed by atoms with Gasteiger partial charge in [0, 0.05) is 45.2 Å². The van der Waals surface area contributed by atoms with Gasteiger partial charge in [-0.2, -0.15) is 9.59 Å². The van der Waals surface area contributed by atoms with Crippen LogP contribution in [-0.4, -0.2) is 69.4 Å². The molecule has 8 rings (SSSR count). The van der Waals surface area contributed by atoms with E-state index in [2.05, 4.69) is 148 Å². The minimum atomic E-state index is -0.995. The fourth-order valence-electron chi connectivity index (χ4n) is 7.28. The van der Waals surface area contributed by atoms with Gasteiger partial charge < -0.3 is 25.9 Å². The van der Waals surface area contributed by atoms with Crippen LogP contribution >= 0.6 is 11.6 Å². The van der Waals surface area contributed by atoms with E-state index in [9.17, 15) is 9.90 Å². The van der Waals surface area contributed by atoms with E-state index in [4.69, 9.17) is 21.2 Å². The third-order valence-electron chi connectivity index (χ3n) is 10.0. The molecule has 0 unspecified atom stereocenters. The monoisotopic (exact) mass is 810 g/mol. The van der Waals surface area contributed by atoms with Crippen molar-refractivity contribution in [3.05, 3.63) is 215 Å². The maximum atomic E-state index is 9.26. The summed E-state index contributed by atoms with van der Waals surface area (Å²) < 4.78 is 0. The lowest BCUT2D eigenvalue weighted by atomic mass is 9.75. The molecule has 0 amide bonds. The van der Waals surface area contributed by atoms with Gasteiger partial charge in [-0.3, -0.25) is 4.90 Å². The van der Waals surface area contributed by atoms with E-state index in [0.29, 0.717) is 0 Å². The van der Waals surface area contributed by atoms with Gasteiger partial charge in [0.15, 0.2) is 0 Å². The zero-order valence-electron chi connectivity index (χ0n) is 33.7. The van der Waals surface area contributed by atoms with Crippen molar-refractivity contribution in [3.63, 3.8) is 0 Å². The number of carboxylic acid groups (broad SMARTS) is 1. The molecule has 0 spiro atoms. The maximum Gasteiger partial charge on any atom is 0.373 e. The number of carboxylic acids is 1. The molecule has 6 aromatic carbocycles. The van der Waals surface area contributed by atoms with E-state index in [1.807, 2.05) is 54.6 Å². The Balaban J connectivity index is 0.000000200. The number of hydrogen-bond donors (Lipinski definition) is 3. The molecule has 0 atom stereocenters. The van der Waals surface area contributed by atoms with Crippen LogP contribution in [0.1, 0.15) is 46.7 Å². The first kappa shape index (κ1) is 46.0. The quantitative estimate of drug-likeness (QED) is 0.131. The smallest absolute Gasteiger partial charge is 0.373 e. The van der Waals surface area contributed by atoms with Crippen LogP contribution in [0, 0.1) is 0 Å². The molecule has 0 saturated carbocycles. The van der Waals surface area contributed by atoms with Crippen molar-refractivity contribution in [2.24, 2.45) is 0 Å². The molecule has 2 fully saturated rings. The van der Waals surface area contributed by atoms with Gasteiger partial charge in [-0.05, 0) is 39.8 Å². The summed E-state index contributed by atoms with van der Waals surface area (Å²) in [5, 5.41) is 18.1. The number of nitrogens with one attached hydrogen (secondary N) is 2. The largest absolute Gasteiger partial charge is 0.550 e. The predicted octanol–water partition coefficient (Wildman–Crippen LogP) is 5.82. The van der Waals surface area contributed by atoms with Gasteiger partial charge in [-0.1, -0.05) is 189 Å². The van der Waals surface area contributed by atoms with Crippen molar-refractivity contribution in [2.45, 2.75) is 23.8 Å². The van der Waals surface area contributed by atoms with Crippen LogP contribution in [0.4, 0.5) is 0 Å². The maximum absolute atomic E-state index is 9.26. The number of carbonyl (C=O) groups excluding carboxylic acids is 3. The molecule has 0 aromatic heterocycles. The third kappa shape index (κ3) is 13.2. The molecule has 0 radical (unpaired) electrons. The average molecular weight is 811 g/mol. The molecule has 59 heavy (non-hydrogen) atoms. The van der Waals surface area contributed by atoms with Crippen LogP contribution in [0.25, 0.3) is 0 Å². The SMILES string of the molecule is C1CNCCN1.CCC(=O)[O-].ClC(c1ccccc1)(c1ccccc1)c1ccccc1.O=C=O.c1ccc(C(c2ccccc2)(c2ccccc2)N2CC[NH2+]CC2)cc1. The van der Waals surface area contributed by atoms with Gasteiger partial charge in [0.2, 0.25) is 0 Å². The number of nitrogens with zero attached hydrogens (tertiary/aromatic N) is 1. The number of halogens is 1. The summed E-state index contributed by atoms with van der Waals surface area (Å²) in [4.78, 5) is 27.5. The molecule has 306 valence electrons. The topological polar surface area (TPSA) is 118 Å². The van der Waals surface area contributed by atoms with Crippen molar-refractivity contribution >= 4 is 23.7 Å². The van der Waals surface area contributed by atoms with Crippen molar-refractivity contribution in [1.29, 1.82) is 0 Å². The Morgan fingerprint density at radius 1 is 0.559 bits per heavy atom. The highest BCUT2D eigenvalue weighted by atomic mass is 35.5. The Labute approximate surface area is 354 Å². The van der Waals surface area contributed by atoms with E-state index in [-0.39, 0.29) is 18.1 Å². The van der Waals surface area contributed by atoms with Crippen molar-refractivity contribution in [2.75, 3.05) is 52.4 Å². The highest BCUT2D eigenvalue weighted by Crippen LogP contribution is 2.43. The lowest BCUT2D eigenvalue weighted by Crippen LogP contribution is -2.90. The molecule has 8 nitrogen and oxygen atoms in total. The van der Waals surface area contributed by atoms with Crippen LogP contribution in [0.15, 0.2) is 182 Å². The Morgan fingerprint density at radius 2 is 0.797 bits per heavy atom. The van der Waals surface area contributed by atoms with Crippen LogP contribution in [-0.2, 0) is 24.8 Å². The summed E-state index contributed by atoms with van der Waals surface area (Å²) in [5.41, 5.74) is 7.04. The number of rotatable bonds is 8. The molecule has 2 saturated heterocycles. The molecular weight excluding hydrogens is 756 g/mol. The van der Waals surface area contributed by atoms with Gasteiger partial charge in [-0.25, -0.2) is 0 Å². The van der Waals surface area contributed by atoms with E-state index in [1.54, 1.807) is 0 Å². The summed E-state index contributed by atoms with van der Waals surface area (Å²) in [6.07, 6.45) is 0.361. The first-order chi connectivity index (χ1) is 28.9. The number of piperazine rings is 2. The number of aliphatic carboxylic acids is 1. The first-order valence-electron chi connectivity index (χ1n) is 20.1. The van der Waals surface area contributed by atoms with Crippen LogP contribution in [0.2, 0.25) is 0 Å². The molecule has 2 heterocycles. The number of alkyl halides is 1. The summed E-state index contributed by atoms with van der Waals surface area (Å²) >= 11 is 7.12. The van der Waals surface area contributed by atoms with Gasteiger partial charge in [-0.15, -0.1) is 11.6 Å². The van der Waals surface area contributed by atoms with E-state index < -0.39 is 10.8 Å². The summed E-state index contributed by atoms with van der Waals surface area (Å²) in [6, 6.07) is 63.6. The zero-order valence-corrected chi connectivity index (χ0v) is 34.5. The fraction of sp³-hybridized carbons (Fsp3) is 0.240. The summed E-state index contributed by atoms with van der Waals surface area (Å²) in [5.74, 6) is -0.995. The minimum absolute atomic E-state index is 0.111. The van der Waals surface area contributed by atoms with E-state index >= 15 is 0 Å². The highest BCUT2D eigenvalue weighted by molar-refractivity contribution is 6.28. The molecule has 0 bridgehead atoms. The molecule has 2 aliphatic rings. The van der Waals surface area contributed by atoms with E-state index in [1.165, 1.54) is 23.6 Å². The number of quaternary nitrogens is 1. The molecule has 9 heteroatoms. The number of carbonyl (C=O) groups is 1. The second-order valence-corrected chi connectivity index (χ2v) is 14.3. The summed E-state index contributed by atoms with van der Waals surface area (Å²) in [7, 11) is 0. The van der Waals surface area contributed by atoms with Gasteiger partial charge in [0.25, 0.3) is 0 Å². The molecule has 6 aromatic rings. The standard InChI is InChI=1S/C23H24N2.C19H15Cl.C4H10N2.C3H6O2.CO2/c1-4-10-20(11-5-1)23(21-12-6-2-7-13-21,22-14-8-3-9-15-22)25-18-16-24-17-19-25;20-19(16-10-4-1-5-11-16,17-12-6-2-7-13-17)18-14-8-3-9-15-18;1-2-6-4-3-5-1;1-2-3(4)5;2-1-3/h1-15,24H,16-19H2;1-15H;5-6H,1-4H2;2H2,1H3,(H,4,5);. The van der Waals surface area contributed by atoms with Gasteiger partial charge in [0.1, 0.15) is 4.87 Å². The lowest BCUT2D eigenvalue weighted by Gasteiger charge is -2.46. The number of nitrogens with two attached hydrogens (primary N) is 1. The number of hydrogen-bond acceptors (Lipinski definition) is 7. The van der Waals surface area contributed by atoms with Crippen molar-refractivity contribution in [3.8, 4) is 0 Å². The molecular formula is C50H55ClN4O4. The third-order valence-corrected chi connectivity index (χ3v) is 10.7. The van der Waals surface area contributed by atoms with Crippen molar-refractivity contribution < 1.29 is 24.8 Å². The fourth-order valence-corrected chi connectivity index (χ4v) is 7.66. The van der Waals surface area contributed by atoms with Crippen LogP contribution < -0.4 is 21.1 Å². The van der Waals surface area contributed by atoms with Crippen molar-refractivity contribution in [1.82, 2.24) is 15.5 Å². The zero-order chi connectivity index (χ0) is 42.0. The van der Waals surface area contributed by atoms with Gasteiger partial charge in [0.05, 0.1) is 18.6 Å². The number of benzene rings is 6. The average Bonchev–Trinajstić information content (AvgIpc) is 3.33. The van der Waals surface area contributed by atoms with Crippen LogP contribution in [0.3, 0.4) is 0 Å². The first-order valence-corrected chi connectivity index (χ1v) is 20.5. The van der Waals surface area contributed by atoms with Gasteiger partial charge >= 0.3 is 6.15 Å². The second-order valence-electron chi connectivity index (χ2n) is 13.7.